The van der Waals surface area contributed by atoms with Crippen molar-refractivity contribution in [3.05, 3.63) is 99.6 Å². The van der Waals surface area contributed by atoms with Gasteiger partial charge in [-0.3, -0.25) is 9.59 Å². The number of carbonyl (C=O) groups excluding carboxylic acids is 2. The van der Waals surface area contributed by atoms with Gasteiger partial charge >= 0.3 is 0 Å². The van der Waals surface area contributed by atoms with Crippen LogP contribution in [0.3, 0.4) is 0 Å². The van der Waals surface area contributed by atoms with Crippen LogP contribution in [0.1, 0.15) is 46.7 Å². The molecule has 0 unspecified atom stereocenters. The number of benzene rings is 3. The summed E-state index contributed by atoms with van der Waals surface area (Å²) in [7, 11) is 0. The number of nitrogens with one attached hydrogen (secondary N) is 1. The van der Waals surface area contributed by atoms with Crippen LogP contribution in [0.4, 0.5) is 5.69 Å². The normalized spacial score (nSPS) is 19.1. The third-order valence-electron chi connectivity index (χ3n) is 6.51. The van der Waals surface area contributed by atoms with E-state index < -0.39 is 5.25 Å². The van der Waals surface area contributed by atoms with Crippen LogP contribution in [0.2, 0.25) is 5.02 Å². The molecule has 188 valence electrons. The van der Waals surface area contributed by atoms with Crippen LogP contribution >= 0.6 is 23.4 Å². The van der Waals surface area contributed by atoms with Gasteiger partial charge in [0.25, 0.3) is 5.91 Å². The number of aryl methyl sites for hydroxylation is 3. The van der Waals surface area contributed by atoms with E-state index in [1.807, 2.05) is 18.0 Å². The summed E-state index contributed by atoms with van der Waals surface area (Å²) < 4.78 is 0. The lowest BCUT2D eigenvalue weighted by molar-refractivity contribution is -0.121. The van der Waals surface area contributed by atoms with Gasteiger partial charge in [-0.25, -0.2) is 5.01 Å². The zero-order valence-corrected chi connectivity index (χ0v) is 22.4. The molecule has 1 N–H and O–H groups in total. The standard InChI is InChI=1S/C29H27ClN4O2S/c1-17-4-9-20(10-5-17)24-15-25(21-11-6-18(2)7-12-21)34(33-24)29-32-28(36)26(37-29)16-27(35)31-22-13-8-19(3)23(30)14-22/h4-14,25-26H,15-16H2,1-3H3,(H,31,35)/t25-,26+/m0/s1. The van der Waals surface area contributed by atoms with E-state index >= 15 is 0 Å². The van der Waals surface area contributed by atoms with E-state index in [0.717, 1.165) is 22.4 Å². The molecule has 8 heteroatoms. The first-order valence-corrected chi connectivity index (χ1v) is 13.4. The van der Waals surface area contributed by atoms with Crippen LogP contribution < -0.4 is 5.32 Å². The molecule has 0 aliphatic carbocycles. The molecule has 5 rings (SSSR count). The molecule has 0 bridgehead atoms. The molecule has 2 heterocycles. The van der Waals surface area contributed by atoms with Crippen molar-refractivity contribution in [1.29, 1.82) is 0 Å². The summed E-state index contributed by atoms with van der Waals surface area (Å²) in [4.78, 5) is 29.9. The molecule has 2 atom stereocenters. The van der Waals surface area contributed by atoms with Crippen molar-refractivity contribution < 1.29 is 9.59 Å². The van der Waals surface area contributed by atoms with Gasteiger partial charge in [0.15, 0.2) is 5.17 Å². The number of aliphatic imine (C=N–C) groups is 1. The number of halogens is 1. The van der Waals surface area contributed by atoms with Crippen molar-refractivity contribution in [3.8, 4) is 0 Å². The highest BCUT2D eigenvalue weighted by Crippen LogP contribution is 2.38. The van der Waals surface area contributed by atoms with Crippen LogP contribution in [0, 0.1) is 20.8 Å². The van der Waals surface area contributed by atoms with Gasteiger partial charge in [-0.15, -0.1) is 0 Å². The molecule has 0 fully saturated rings. The summed E-state index contributed by atoms with van der Waals surface area (Å²) in [6.45, 7) is 6.01. The zero-order chi connectivity index (χ0) is 26.1. The summed E-state index contributed by atoms with van der Waals surface area (Å²) in [5, 5.41) is 10.1. The maximum Gasteiger partial charge on any atom is 0.262 e. The van der Waals surface area contributed by atoms with Gasteiger partial charge in [-0.1, -0.05) is 89.1 Å². The largest absolute Gasteiger partial charge is 0.326 e. The molecule has 3 aromatic carbocycles. The van der Waals surface area contributed by atoms with Crippen LogP contribution in [0.15, 0.2) is 76.8 Å². The summed E-state index contributed by atoms with van der Waals surface area (Å²) >= 11 is 7.47. The molecular weight excluding hydrogens is 504 g/mol. The number of thioether (sulfide) groups is 1. The first-order valence-electron chi connectivity index (χ1n) is 12.1. The second-order valence-electron chi connectivity index (χ2n) is 9.44. The molecule has 0 saturated carbocycles. The van der Waals surface area contributed by atoms with Crippen molar-refractivity contribution >= 4 is 51.7 Å². The molecule has 2 aliphatic heterocycles. The minimum Gasteiger partial charge on any atom is -0.326 e. The second-order valence-corrected chi connectivity index (χ2v) is 11.0. The van der Waals surface area contributed by atoms with E-state index in [9.17, 15) is 9.59 Å². The van der Waals surface area contributed by atoms with Gasteiger partial charge in [0.2, 0.25) is 5.91 Å². The number of hydrogen-bond donors (Lipinski definition) is 1. The molecule has 0 spiro atoms. The fourth-order valence-electron chi connectivity index (χ4n) is 4.31. The summed E-state index contributed by atoms with van der Waals surface area (Å²) in [5.74, 6) is -0.582. The van der Waals surface area contributed by atoms with Crippen LogP contribution in [-0.4, -0.2) is 33.0 Å². The number of amides is 2. The molecule has 2 amide bonds. The molecule has 6 nitrogen and oxygen atoms in total. The Labute approximate surface area is 225 Å². The van der Waals surface area contributed by atoms with Crippen molar-refractivity contribution in [2.75, 3.05) is 5.32 Å². The Morgan fingerprint density at radius 1 is 1.03 bits per heavy atom. The van der Waals surface area contributed by atoms with Crippen molar-refractivity contribution in [3.63, 3.8) is 0 Å². The van der Waals surface area contributed by atoms with E-state index in [2.05, 4.69) is 72.7 Å². The Morgan fingerprint density at radius 3 is 2.38 bits per heavy atom. The molecule has 0 saturated heterocycles. The highest BCUT2D eigenvalue weighted by molar-refractivity contribution is 8.15. The lowest BCUT2D eigenvalue weighted by atomic mass is 9.97. The first kappa shape index (κ1) is 25.2. The maximum atomic E-state index is 12.8. The Morgan fingerprint density at radius 2 is 1.70 bits per heavy atom. The maximum absolute atomic E-state index is 12.8. The highest BCUT2D eigenvalue weighted by atomic mass is 35.5. The first-order chi connectivity index (χ1) is 17.8. The van der Waals surface area contributed by atoms with Crippen molar-refractivity contribution in [2.24, 2.45) is 10.1 Å². The number of anilines is 1. The van der Waals surface area contributed by atoms with E-state index in [4.69, 9.17) is 16.7 Å². The molecular formula is C29H27ClN4O2S. The third-order valence-corrected chi connectivity index (χ3v) is 8.06. The van der Waals surface area contributed by atoms with Gasteiger partial charge in [-0.2, -0.15) is 10.1 Å². The van der Waals surface area contributed by atoms with Crippen LogP contribution in [-0.2, 0) is 9.59 Å². The SMILES string of the molecule is Cc1ccc(C2=NN(C3=NC(=O)[C@@H](CC(=O)Nc4ccc(C)c(Cl)c4)S3)[C@H](c3ccc(C)cc3)C2)cc1. The highest BCUT2D eigenvalue weighted by Gasteiger charge is 2.39. The number of amidine groups is 1. The fraction of sp³-hybridized carbons (Fsp3) is 0.241. The van der Waals surface area contributed by atoms with Gasteiger partial charge in [-0.05, 0) is 49.6 Å². The fourth-order valence-corrected chi connectivity index (χ4v) is 5.55. The number of hydrazone groups is 1. The Kier molecular flexibility index (Phi) is 7.17. The molecule has 0 radical (unpaired) electrons. The van der Waals surface area contributed by atoms with Crippen LogP contribution in [0.5, 0.6) is 0 Å². The Balaban J connectivity index is 1.34. The molecule has 3 aromatic rings. The van der Waals surface area contributed by atoms with Crippen molar-refractivity contribution in [1.82, 2.24) is 5.01 Å². The average molecular weight is 531 g/mol. The summed E-state index contributed by atoms with van der Waals surface area (Å²) in [6.07, 6.45) is 0.707. The van der Waals surface area contributed by atoms with E-state index in [0.29, 0.717) is 22.3 Å². The van der Waals surface area contributed by atoms with E-state index in [1.54, 1.807) is 12.1 Å². The summed E-state index contributed by atoms with van der Waals surface area (Å²) in [6, 6.07) is 21.9. The number of rotatable bonds is 5. The van der Waals surface area contributed by atoms with Gasteiger partial charge in [0.05, 0.1) is 11.8 Å². The third kappa shape index (κ3) is 5.63. The van der Waals surface area contributed by atoms with Crippen molar-refractivity contribution in [2.45, 2.75) is 44.9 Å². The predicted molar refractivity (Wildman–Crippen MR) is 151 cm³/mol. The Hall–Kier alpha value is -3.42. The van der Waals surface area contributed by atoms with Crippen LogP contribution in [0.25, 0.3) is 0 Å². The lowest BCUT2D eigenvalue weighted by Crippen LogP contribution is -2.25. The second kappa shape index (κ2) is 10.5. The summed E-state index contributed by atoms with van der Waals surface area (Å²) in [5.41, 5.74) is 6.99. The van der Waals surface area contributed by atoms with E-state index in [-0.39, 0.29) is 24.3 Å². The monoisotopic (exact) mass is 530 g/mol. The zero-order valence-electron chi connectivity index (χ0n) is 20.9. The topological polar surface area (TPSA) is 74.1 Å². The number of carbonyl (C=O) groups is 2. The Bertz CT molecular complexity index is 1420. The van der Waals surface area contributed by atoms with Gasteiger partial charge < -0.3 is 5.32 Å². The molecule has 2 aliphatic rings. The molecule has 37 heavy (non-hydrogen) atoms. The van der Waals surface area contributed by atoms with Gasteiger partial charge in [0.1, 0.15) is 5.25 Å². The lowest BCUT2D eigenvalue weighted by Gasteiger charge is -2.23. The minimum atomic E-state index is -0.604. The molecule has 0 aromatic heterocycles. The van der Waals surface area contributed by atoms with E-state index in [1.165, 1.54) is 22.9 Å². The smallest absolute Gasteiger partial charge is 0.262 e. The number of hydrogen-bond acceptors (Lipinski definition) is 5. The number of nitrogens with zero attached hydrogens (tertiary/aromatic N) is 3. The van der Waals surface area contributed by atoms with Gasteiger partial charge in [0, 0.05) is 23.6 Å². The minimum absolute atomic E-state index is 0.0135. The average Bonchev–Trinajstić information content (AvgIpc) is 3.46. The predicted octanol–water partition coefficient (Wildman–Crippen LogP) is 6.44. The quantitative estimate of drug-likeness (QED) is 0.411.